The van der Waals surface area contributed by atoms with E-state index >= 15 is 0 Å². The number of hydrogen-bond donors (Lipinski definition) is 0. The minimum Gasteiger partial charge on any atom is -0.493 e. The van der Waals surface area contributed by atoms with Crippen molar-refractivity contribution >= 4 is 12.6 Å². The van der Waals surface area contributed by atoms with Gasteiger partial charge in [-0.05, 0) is 70.1 Å². The fraction of sp³-hybridized carbons (Fsp3) is 0.667. The van der Waals surface area contributed by atoms with E-state index in [1.807, 2.05) is 6.07 Å². The van der Waals surface area contributed by atoms with Gasteiger partial charge in [-0.25, -0.2) is 0 Å². The highest BCUT2D eigenvalue weighted by molar-refractivity contribution is 6.62. The molecule has 4 heteroatoms. The summed E-state index contributed by atoms with van der Waals surface area (Å²) >= 11 is 0. The third-order valence-corrected chi connectivity index (χ3v) is 4.86. The lowest BCUT2D eigenvalue weighted by Crippen LogP contribution is -2.41. The second kappa shape index (κ2) is 5.90. The van der Waals surface area contributed by atoms with Crippen molar-refractivity contribution in [3.63, 3.8) is 0 Å². The normalized spacial score (nSPS) is 19.8. The maximum absolute atomic E-state index is 6.16. The van der Waals surface area contributed by atoms with Crippen LogP contribution in [0.4, 0.5) is 0 Å². The third kappa shape index (κ3) is 3.18. The Kier molecular flexibility index (Phi) is 4.65. The van der Waals surface area contributed by atoms with Crippen LogP contribution in [0.3, 0.4) is 0 Å². The zero-order chi connectivity index (χ0) is 16.7. The van der Waals surface area contributed by atoms with Gasteiger partial charge in [0.2, 0.25) is 0 Å². The van der Waals surface area contributed by atoms with Crippen LogP contribution in [0.1, 0.15) is 52.7 Å². The predicted molar refractivity (Wildman–Crippen MR) is 92.0 cm³/mol. The maximum Gasteiger partial charge on any atom is 0.495 e. The topological polar surface area (TPSA) is 27.7 Å². The lowest BCUT2D eigenvalue weighted by atomic mass is 9.75. The van der Waals surface area contributed by atoms with Crippen molar-refractivity contribution in [2.75, 3.05) is 6.61 Å². The number of rotatable bonds is 4. The van der Waals surface area contributed by atoms with E-state index < -0.39 is 0 Å². The van der Waals surface area contributed by atoms with E-state index in [2.05, 4.69) is 61.5 Å². The quantitative estimate of drug-likeness (QED) is 0.795. The van der Waals surface area contributed by atoms with Crippen LogP contribution in [0, 0.1) is 19.8 Å². The molecule has 0 unspecified atom stereocenters. The lowest BCUT2D eigenvalue weighted by Gasteiger charge is -2.32. The Morgan fingerprint density at radius 1 is 1.00 bits per heavy atom. The molecule has 1 aromatic rings. The first-order valence-corrected chi connectivity index (χ1v) is 8.13. The van der Waals surface area contributed by atoms with Gasteiger partial charge in [-0.2, -0.15) is 0 Å². The summed E-state index contributed by atoms with van der Waals surface area (Å²) in [5, 5.41) is 0. The summed E-state index contributed by atoms with van der Waals surface area (Å²) in [7, 11) is -0.317. The molecule has 0 saturated carbocycles. The smallest absolute Gasteiger partial charge is 0.493 e. The van der Waals surface area contributed by atoms with Crippen molar-refractivity contribution in [3.8, 4) is 5.75 Å². The molecule has 0 aliphatic carbocycles. The van der Waals surface area contributed by atoms with Crippen LogP contribution in [0.2, 0.25) is 0 Å². The Morgan fingerprint density at radius 2 is 1.55 bits per heavy atom. The minimum atomic E-state index is -0.317. The van der Waals surface area contributed by atoms with Crippen molar-refractivity contribution in [1.82, 2.24) is 0 Å². The van der Waals surface area contributed by atoms with Gasteiger partial charge in [0.05, 0.1) is 17.8 Å². The van der Waals surface area contributed by atoms with Gasteiger partial charge < -0.3 is 14.0 Å². The molecular weight excluding hydrogens is 275 g/mol. The Balaban J connectivity index is 2.26. The first kappa shape index (κ1) is 17.4. The van der Waals surface area contributed by atoms with Gasteiger partial charge >= 0.3 is 7.12 Å². The highest BCUT2D eigenvalue weighted by Crippen LogP contribution is 2.37. The summed E-state index contributed by atoms with van der Waals surface area (Å²) in [6.07, 6.45) is 0. The van der Waals surface area contributed by atoms with Gasteiger partial charge in [-0.1, -0.05) is 19.9 Å². The monoisotopic (exact) mass is 304 g/mol. The Hall–Kier alpha value is -0.995. The van der Waals surface area contributed by atoms with Crippen molar-refractivity contribution in [2.24, 2.45) is 5.92 Å². The molecule has 122 valence electrons. The predicted octanol–water partition coefficient (Wildman–Crippen LogP) is 3.64. The maximum atomic E-state index is 6.16. The summed E-state index contributed by atoms with van der Waals surface area (Å²) in [5.74, 6) is 1.47. The molecule has 1 aromatic carbocycles. The zero-order valence-corrected chi connectivity index (χ0v) is 15.2. The van der Waals surface area contributed by atoms with Gasteiger partial charge in [0.1, 0.15) is 5.75 Å². The van der Waals surface area contributed by atoms with E-state index in [4.69, 9.17) is 14.0 Å². The Bertz CT molecular complexity index is 534. The van der Waals surface area contributed by atoms with E-state index in [-0.39, 0.29) is 18.3 Å². The van der Waals surface area contributed by atoms with E-state index in [0.717, 1.165) is 23.4 Å². The largest absolute Gasteiger partial charge is 0.495 e. The first-order chi connectivity index (χ1) is 10.0. The summed E-state index contributed by atoms with van der Waals surface area (Å²) < 4.78 is 18.2. The average Bonchev–Trinajstić information content (AvgIpc) is 2.60. The molecule has 1 saturated heterocycles. The van der Waals surface area contributed by atoms with E-state index in [1.54, 1.807) is 0 Å². The summed E-state index contributed by atoms with van der Waals surface area (Å²) in [6.45, 7) is 17.6. The molecule has 0 aromatic heterocycles. The third-order valence-electron chi connectivity index (χ3n) is 4.86. The summed E-state index contributed by atoms with van der Waals surface area (Å²) in [5.41, 5.74) is 2.80. The molecule has 2 rings (SSSR count). The summed E-state index contributed by atoms with van der Waals surface area (Å²) in [6, 6.07) is 4.10. The van der Waals surface area contributed by atoms with Gasteiger partial charge in [0, 0.05) is 0 Å². The molecule has 1 aliphatic rings. The fourth-order valence-electron chi connectivity index (χ4n) is 2.45. The Morgan fingerprint density at radius 3 is 2.05 bits per heavy atom. The van der Waals surface area contributed by atoms with Crippen molar-refractivity contribution in [2.45, 2.75) is 66.6 Å². The molecule has 1 aliphatic heterocycles. The van der Waals surface area contributed by atoms with Crippen molar-refractivity contribution in [1.29, 1.82) is 0 Å². The zero-order valence-electron chi connectivity index (χ0n) is 15.2. The second-order valence-electron chi connectivity index (χ2n) is 7.70. The van der Waals surface area contributed by atoms with Crippen LogP contribution < -0.4 is 10.2 Å². The van der Waals surface area contributed by atoms with E-state index in [9.17, 15) is 0 Å². The number of hydrogen-bond acceptors (Lipinski definition) is 3. The Labute approximate surface area is 135 Å². The van der Waals surface area contributed by atoms with Crippen LogP contribution >= 0.6 is 0 Å². The summed E-state index contributed by atoms with van der Waals surface area (Å²) in [4.78, 5) is 0. The van der Waals surface area contributed by atoms with E-state index in [0.29, 0.717) is 5.92 Å². The van der Waals surface area contributed by atoms with Gasteiger partial charge in [-0.15, -0.1) is 0 Å². The van der Waals surface area contributed by atoms with Gasteiger partial charge in [0.25, 0.3) is 0 Å². The SMILES string of the molecule is Cc1c(OCC(C)C)ccc(B2OC(C)(C)C(C)(C)O2)c1C. The molecule has 22 heavy (non-hydrogen) atoms. The van der Waals surface area contributed by atoms with Gasteiger partial charge in [0.15, 0.2) is 0 Å². The molecule has 0 amide bonds. The molecule has 3 nitrogen and oxygen atoms in total. The molecule has 0 atom stereocenters. The average molecular weight is 304 g/mol. The molecule has 0 radical (unpaired) electrons. The molecule has 1 heterocycles. The lowest BCUT2D eigenvalue weighted by molar-refractivity contribution is 0.00578. The highest BCUT2D eigenvalue weighted by Gasteiger charge is 2.52. The second-order valence-corrected chi connectivity index (χ2v) is 7.70. The fourth-order valence-corrected chi connectivity index (χ4v) is 2.45. The van der Waals surface area contributed by atoms with Crippen LogP contribution in [-0.4, -0.2) is 24.9 Å². The van der Waals surface area contributed by atoms with Gasteiger partial charge in [-0.3, -0.25) is 0 Å². The molecular formula is C18H29BO3. The van der Waals surface area contributed by atoms with E-state index in [1.165, 1.54) is 5.56 Å². The molecule has 0 bridgehead atoms. The molecule has 0 spiro atoms. The standard InChI is InChI=1S/C18H29BO3/c1-12(2)11-20-16-10-9-15(13(3)14(16)4)19-21-17(5,6)18(7,8)22-19/h9-10,12H,11H2,1-8H3. The number of benzene rings is 1. The van der Waals surface area contributed by atoms with Crippen LogP contribution in [0.15, 0.2) is 12.1 Å². The highest BCUT2D eigenvalue weighted by atomic mass is 16.7. The molecule has 1 fully saturated rings. The van der Waals surface area contributed by atoms with Crippen molar-refractivity contribution in [3.05, 3.63) is 23.3 Å². The first-order valence-electron chi connectivity index (χ1n) is 8.13. The minimum absolute atomic E-state index is 0.315. The number of ether oxygens (including phenoxy) is 1. The van der Waals surface area contributed by atoms with Crippen LogP contribution in [-0.2, 0) is 9.31 Å². The molecule has 0 N–H and O–H groups in total. The van der Waals surface area contributed by atoms with Crippen molar-refractivity contribution < 1.29 is 14.0 Å². The van der Waals surface area contributed by atoms with Crippen LogP contribution in [0.5, 0.6) is 5.75 Å². The van der Waals surface area contributed by atoms with Crippen LogP contribution in [0.25, 0.3) is 0 Å².